The molecular weight excluding hydrogens is 326 g/mol. The van der Waals surface area contributed by atoms with E-state index in [1.807, 2.05) is 0 Å². The van der Waals surface area contributed by atoms with Crippen molar-refractivity contribution in [1.29, 1.82) is 0 Å². The second-order valence-corrected chi connectivity index (χ2v) is 8.03. The van der Waals surface area contributed by atoms with Gasteiger partial charge in [-0.05, 0) is 74.7 Å². The van der Waals surface area contributed by atoms with Gasteiger partial charge in [0.15, 0.2) is 0 Å². The maximum absolute atomic E-state index is 12.0. The molecule has 140 valence electrons. The first kappa shape index (κ1) is 17.5. The highest BCUT2D eigenvalue weighted by atomic mass is 16.2. The minimum atomic E-state index is -0.189. The molecule has 0 radical (unpaired) electrons. The number of hydrogen-bond donors (Lipinski definition) is 2. The highest BCUT2D eigenvalue weighted by Crippen LogP contribution is 2.32. The van der Waals surface area contributed by atoms with E-state index >= 15 is 0 Å². The lowest BCUT2D eigenvalue weighted by Gasteiger charge is -2.39. The number of amides is 2. The minimum absolute atomic E-state index is 0.154. The Bertz CT molecular complexity index is 644. The predicted octanol–water partition coefficient (Wildman–Crippen LogP) is 2.42. The number of nitrogens with zero attached hydrogens (tertiary/aromatic N) is 1. The van der Waals surface area contributed by atoms with Crippen molar-refractivity contribution in [2.24, 2.45) is 11.8 Å². The van der Waals surface area contributed by atoms with E-state index in [0.717, 1.165) is 30.5 Å². The van der Waals surface area contributed by atoms with Crippen LogP contribution in [0, 0.1) is 11.8 Å². The molecule has 2 N–H and O–H groups in total. The Kier molecular flexibility index (Phi) is 5.25. The van der Waals surface area contributed by atoms with Crippen molar-refractivity contribution in [2.75, 3.05) is 31.1 Å². The van der Waals surface area contributed by atoms with Crippen LogP contribution < -0.4 is 15.5 Å². The van der Waals surface area contributed by atoms with Gasteiger partial charge in [0.05, 0.1) is 5.92 Å². The van der Waals surface area contributed by atoms with Crippen molar-refractivity contribution >= 4 is 17.5 Å². The lowest BCUT2D eigenvalue weighted by molar-refractivity contribution is -0.134. The van der Waals surface area contributed by atoms with Crippen molar-refractivity contribution in [1.82, 2.24) is 10.6 Å². The van der Waals surface area contributed by atoms with Crippen molar-refractivity contribution in [2.45, 2.75) is 44.4 Å². The van der Waals surface area contributed by atoms with Gasteiger partial charge in [0.1, 0.15) is 0 Å². The van der Waals surface area contributed by atoms with Gasteiger partial charge >= 0.3 is 0 Å². The maximum atomic E-state index is 12.0. The lowest BCUT2D eigenvalue weighted by atomic mass is 9.80. The molecule has 0 aromatic heterocycles. The molecule has 3 saturated heterocycles. The van der Waals surface area contributed by atoms with Gasteiger partial charge in [0, 0.05) is 25.2 Å². The summed E-state index contributed by atoms with van der Waals surface area (Å²) in [4.78, 5) is 25.8. The average molecular weight is 355 g/mol. The highest BCUT2D eigenvalue weighted by molar-refractivity contribution is 6.00. The standard InChI is InChI=1S/C21H29N3O2/c25-20-8-7-19(21(26)23-20)16-3-5-18(6-4-16)24-12-9-15(10-13-24)17-2-1-11-22-14-17/h3-6,15,17,19,22H,1-2,7-14H2,(H,23,25,26). The van der Waals surface area contributed by atoms with Gasteiger partial charge in [-0.1, -0.05) is 12.1 Å². The molecule has 4 rings (SSSR count). The summed E-state index contributed by atoms with van der Waals surface area (Å²) in [5.41, 5.74) is 2.27. The molecule has 5 heteroatoms. The fourth-order valence-corrected chi connectivity index (χ4v) is 4.84. The van der Waals surface area contributed by atoms with Gasteiger partial charge in [-0.15, -0.1) is 0 Å². The monoisotopic (exact) mass is 355 g/mol. The predicted molar refractivity (Wildman–Crippen MR) is 102 cm³/mol. The molecule has 1 aromatic rings. The van der Waals surface area contributed by atoms with E-state index in [0.29, 0.717) is 12.8 Å². The number of piperidine rings is 3. The summed E-state index contributed by atoms with van der Waals surface area (Å²) >= 11 is 0. The maximum Gasteiger partial charge on any atom is 0.234 e. The van der Waals surface area contributed by atoms with Gasteiger partial charge in [-0.3, -0.25) is 14.9 Å². The van der Waals surface area contributed by atoms with Gasteiger partial charge in [0.2, 0.25) is 11.8 Å². The summed E-state index contributed by atoms with van der Waals surface area (Å²) in [5, 5.41) is 6.00. The number of carbonyl (C=O) groups excluding carboxylic acids is 2. The normalized spacial score (nSPS) is 28.1. The Morgan fingerprint density at radius 2 is 1.69 bits per heavy atom. The van der Waals surface area contributed by atoms with Gasteiger partial charge in [-0.2, -0.15) is 0 Å². The van der Waals surface area contributed by atoms with Crippen LogP contribution in [0.5, 0.6) is 0 Å². The van der Waals surface area contributed by atoms with E-state index in [1.165, 1.54) is 44.5 Å². The third-order valence-corrected chi connectivity index (χ3v) is 6.44. The Labute approximate surface area is 155 Å². The molecule has 0 spiro atoms. The first-order valence-corrected chi connectivity index (χ1v) is 10.1. The van der Waals surface area contributed by atoms with Gasteiger partial charge < -0.3 is 10.2 Å². The van der Waals surface area contributed by atoms with E-state index in [-0.39, 0.29) is 17.7 Å². The average Bonchev–Trinajstić information content (AvgIpc) is 2.69. The van der Waals surface area contributed by atoms with E-state index in [4.69, 9.17) is 0 Å². The molecule has 3 fully saturated rings. The summed E-state index contributed by atoms with van der Waals surface area (Å²) in [6.07, 6.45) is 6.32. The van der Waals surface area contributed by atoms with Crippen LogP contribution in [0.3, 0.4) is 0 Å². The Morgan fingerprint density at radius 3 is 2.35 bits per heavy atom. The van der Waals surface area contributed by atoms with E-state index in [2.05, 4.69) is 39.8 Å². The molecule has 3 aliphatic rings. The summed E-state index contributed by atoms with van der Waals surface area (Å²) < 4.78 is 0. The first-order chi connectivity index (χ1) is 12.7. The van der Waals surface area contributed by atoms with E-state index in [1.54, 1.807) is 0 Å². The molecule has 2 amide bonds. The van der Waals surface area contributed by atoms with Crippen molar-refractivity contribution in [3.05, 3.63) is 29.8 Å². The van der Waals surface area contributed by atoms with E-state index in [9.17, 15) is 9.59 Å². The zero-order chi connectivity index (χ0) is 17.9. The Morgan fingerprint density at radius 1 is 0.923 bits per heavy atom. The summed E-state index contributed by atoms with van der Waals surface area (Å²) in [5.74, 6) is 1.23. The smallest absolute Gasteiger partial charge is 0.234 e. The highest BCUT2D eigenvalue weighted by Gasteiger charge is 2.29. The molecule has 26 heavy (non-hydrogen) atoms. The molecule has 5 nitrogen and oxygen atoms in total. The van der Waals surface area contributed by atoms with Crippen LogP contribution in [0.1, 0.15) is 50.0 Å². The molecule has 0 saturated carbocycles. The largest absolute Gasteiger partial charge is 0.372 e. The third-order valence-electron chi connectivity index (χ3n) is 6.44. The number of imide groups is 1. The van der Waals surface area contributed by atoms with Crippen LogP contribution in [-0.2, 0) is 9.59 Å². The topological polar surface area (TPSA) is 61.4 Å². The van der Waals surface area contributed by atoms with Crippen LogP contribution in [-0.4, -0.2) is 38.0 Å². The number of rotatable bonds is 3. The van der Waals surface area contributed by atoms with Crippen LogP contribution in [0.15, 0.2) is 24.3 Å². The molecule has 3 heterocycles. The second kappa shape index (κ2) is 7.78. The number of carbonyl (C=O) groups is 2. The van der Waals surface area contributed by atoms with Gasteiger partial charge in [0.25, 0.3) is 0 Å². The summed E-state index contributed by atoms with van der Waals surface area (Å²) in [6, 6.07) is 8.40. The molecule has 2 atom stereocenters. The fraction of sp³-hybridized carbons (Fsp3) is 0.619. The van der Waals surface area contributed by atoms with Crippen LogP contribution in [0.4, 0.5) is 5.69 Å². The number of anilines is 1. The van der Waals surface area contributed by atoms with Crippen LogP contribution >= 0.6 is 0 Å². The molecule has 0 bridgehead atoms. The molecule has 2 unspecified atom stereocenters. The molecule has 1 aromatic carbocycles. The third kappa shape index (κ3) is 3.78. The fourth-order valence-electron chi connectivity index (χ4n) is 4.84. The Hall–Kier alpha value is -1.88. The second-order valence-electron chi connectivity index (χ2n) is 8.03. The SMILES string of the molecule is O=C1CCC(c2ccc(N3CCC(C4CCCNC4)CC3)cc2)C(=O)N1. The molecule has 0 aliphatic carbocycles. The van der Waals surface area contributed by atoms with E-state index < -0.39 is 0 Å². The van der Waals surface area contributed by atoms with Crippen molar-refractivity contribution in [3.8, 4) is 0 Å². The zero-order valence-electron chi connectivity index (χ0n) is 15.4. The van der Waals surface area contributed by atoms with Crippen LogP contribution in [0.25, 0.3) is 0 Å². The first-order valence-electron chi connectivity index (χ1n) is 10.1. The lowest BCUT2D eigenvalue weighted by Crippen LogP contribution is -2.41. The minimum Gasteiger partial charge on any atom is -0.372 e. The Balaban J connectivity index is 1.34. The van der Waals surface area contributed by atoms with Gasteiger partial charge in [-0.25, -0.2) is 0 Å². The molecular formula is C21H29N3O2. The number of hydrogen-bond acceptors (Lipinski definition) is 4. The van der Waals surface area contributed by atoms with Crippen molar-refractivity contribution in [3.63, 3.8) is 0 Å². The summed E-state index contributed by atoms with van der Waals surface area (Å²) in [7, 11) is 0. The van der Waals surface area contributed by atoms with Crippen molar-refractivity contribution < 1.29 is 9.59 Å². The molecule has 3 aliphatic heterocycles. The summed E-state index contributed by atoms with van der Waals surface area (Å²) in [6.45, 7) is 4.64. The zero-order valence-corrected chi connectivity index (χ0v) is 15.4. The quantitative estimate of drug-likeness (QED) is 0.818. The number of benzene rings is 1. The number of nitrogens with one attached hydrogen (secondary N) is 2. The van der Waals surface area contributed by atoms with Crippen LogP contribution in [0.2, 0.25) is 0 Å².